The van der Waals surface area contributed by atoms with Crippen LogP contribution in [0.25, 0.3) is 0 Å². The molecule has 4 N–H and O–H groups in total. The number of urea groups is 1. The Bertz CT molecular complexity index is 789. The number of hydrogen-bond donors (Lipinski definition) is 3. The van der Waals surface area contributed by atoms with Gasteiger partial charge in [-0.3, -0.25) is 4.79 Å². The first kappa shape index (κ1) is 17.9. The van der Waals surface area contributed by atoms with E-state index in [2.05, 4.69) is 5.32 Å². The van der Waals surface area contributed by atoms with Crippen LogP contribution in [0.2, 0.25) is 0 Å². The van der Waals surface area contributed by atoms with Gasteiger partial charge in [0.05, 0.1) is 6.04 Å². The van der Waals surface area contributed by atoms with Crippen LogP contribution in [0.4, 0.5) is 4.79 Å². The number of carbonyl (C=O) groups excluding carboxylic acids is 2. The van der Waals surface area contributed by atoms with E-state index in [1.165, 1.54) is 0 Å². The highest BCUT2D eigenvalue weighted by atomic mass is 16.3. The Kier molecular flexibility index (Phi) is 5.53. The van der Waals surface area contributed by atoms with Crippen LogP contribution >= 0.6 is 0 Å². The molecule has 136 valence electrons. The summed E-state index contributed by atoms with van der Waals surface area (Å²) in [6, 6.07) is 14.5. The molecule has 0 saturated heterocycles. The van der Waals surface area contributed by atoms with E-state index in [0.29, 0.717) is 25.1 Å². The number of carbonyl (C=O) groups is 2. The summed E-state index contributed by atoms with van der Waals surface area (Å²) in [5, 5.41) is 11.6. The van der Waals surface area contributed by atoms with E-state index >= 15 is 0 Å². The van der Waals surface area contributed by atoms with Gasteiger partial charge < -0.3 is 21.1 Å². The van der Waals surface area contributed by atoms with Gasteiger partial charge in [-0.2, -0.15) is 0 Å². The predicted octanol–water partition coefficient (Wildman–Crippen LogP) is 2.17. The first-order valence-corrected chi connectivity index (χ1v) is 8.74. The molecule has 1 atom stereocenters. The average molecular weight is 353 g/mol. The monoisotopic (exact) mass is 353 g/mol. The van der Waals surface area contributed by atoms with Gasteiger partial charge in [-0.25, -0.2) is 4.79 Å². The standard InChI is InChI=1S/C20H23N3O3/c21-20(26)23-13-16-5-1-2-6-17(16)18(23)14-7-9-15(10-8-14)19(25)22-11-3-4-12-24/h1-2,5-10,18,24H,3-4,11-13H2,(H2,21,26)(H,22,25). The van der Waals surface area contributed by atoms with Crippen molar-refractivity contribution in [2.24, 2.45) is 5.73 Å². The van der Waals surface area contributed by atoms with Crippen molar-refractivity contribution in [1.82, 2.24) is 10.2 Å². The average Bonchev–Trinajstić information content (AvgIpc) is 3.05. The smallest absolute Gasteiger partial charge is 0.315 e. The van der Waals surface area contributed by atoms with Crippen molar-refractivity contribution >= 4 is 11.9 Å². The van der Waals surface area contributed by atoms with E-state index in [1.54, 1.807) is 17.0 Å². The fourth-order valence-corrected chi connectivity index (χ4v) is 3.31. The lowest BCUT2D eigenvalue weighted by atomic mass is 9.97. The topological polar surface area (TPSA) is 95.7 Å². The summed E-state index contributed by atoms with van der Waals surface area (Å²) < 4.78 is 0. The van der Waals surface area contributed by atoms with Gasteiger partial charge in [0.1, 0.15) is 0 Å². The maximum Gasteiger partial charge on any atom is 0.315 e. The van der Waals surface area contributed by atoms with Gasteiger partial charge in [-0.15, -0.1) is 0 Å². The van der Waals surface area contributed by atoms with Crippen LogP contribution in [0.5, 0.6) is 0 Å². The summed E-state index contributed by atoms with van der Waals surface area (Å²) in [5.74, 6) is -0.145. The summed E-state index contributed by atoms with van der Waals surface area (Å²) in [5.41, 5.74) is 9.20. The molecule has 2 aromatic rings. The number of fused-ring (bicyclic) bond motifs is 1. The molecule has 0 saturated carbocycles. The minimum atomic E-state index is -0.461. The summed E-state index contributed by atoms with van der Waals surface area (Å²) in [6.45, 7) is 1.15. The van der Waals surface area contributed by atoms with Crippen molar-refractivity contribution in [2.45, 2.75) is 25.4 Å². The van der Waals surface area contributed by atoms with E-state index in [9.17, 15) is 9.59 Å². The van der Waals surface area contributed by atoms with Crippen molar-refractivity contribution in [2.75, 3.05) is 13.2 Å². The molecule has 1 aliphatic heterocycles. The van der Waals surface area contributed by atoms with Crippen molar-refractivity contribution in [3.05, 3.63) is 70.8 Å². The minimum Gasteiger partial charge on any atom is -0.396 e. The number of amides is 3. The SMILES string of the molecule is NC(=O)N1Cc2ccccc2C1c1ccc(C(=O)NCCCCO)cc1. The Labute approximate surface area is 152 Å². The van der Waals surface area contributed by atoms with E-state index < -0.39 is 6.03 Å². The van der Waals surface area contributed by atoms with Crippen LogP contribution in [-0.4, -0.2) is 35.1 Å². The zero-order chi connectivity index (χ0) is 18.5. The molecule has 3 amide bonds. The molecule has 3 rings (SSSR count). The Morgan fingerprint density at radius 3 is 2.54 bits per heavy atom. The van der Waals surface area contributed by atoms with E-state index in [1.807, 2.05) is 36.4 Å². The van der Waals surface area contributed by atoms with Crippen LogP contribution in [0.1, 0.15) is 45.9 Å². The number of aliphatic hydroxyl groups excluding tert-OH is 1. The molecule has 0 fully saturated rings. The second-order valence-corrected chi connectivity index (χ2v) is 6.38. The summed E-state index contributed by atoms with van der Waals surface area (Å²) >= 11 is 0. The maximum atomic E-state index is 12.2. The highest BCUT2D eigenvalue weighted by Gasteiger charge is 2.33. The zero-order valence-corrected chi connectivity index (χ0v) is 14.5. The fraction of sp³-hybridized carbons (Fsp3) is 0.300. The maximum absolute atomic E-state index is 12.2. The molecule has 0 aromatic heterocycles. The molecule has 1 heterocycles. The van der Waals surface area contributed by atoms with Crippen LogP contribution in [0.15, 0.2) is 48.5 Å². The highest BCUT2D eigenvalue weighted by Crippen LogP contribution is 2.38. The molecule has 0 aliphatic carbocycles. The lowest BCUT2D eigenvalue weighted by Crippen LogP contribution is -2.34. The third-order valence-electron chi connectivity index (χ3n) is 4.64. The largest absolute Gasteiger partial charge is 0.396 e. The van der Waals surface area contributed by atoms with Crippen molar-refractivity contribution < 1.29 is 14.7 Å². The molecule has 1 aliphatic rings. The van der Waals surface area contributed by atoms with Crippen LogP contribution < -0.4 is 11.1 Å². The Balaban J connectivity index is 1.77. The van der Waals surface area contributed by atoms with Crippen molar-refractivity contribution in [1.29, 1.82) is 0 Å². The van der Waals surface area contributed by atoms with E-state index in [4.69, 9.17) is 10.8 Å². The summed E-state index contributed by atoms with van der Waals surface area (Å²) in [4.78, 5) is 25.7. The lowest BCUT2D eigenvalue weighted by Gasteiger charge is -2.24. The van der Waals surface area contributed by atoms with E-state index in [0.717, 1.165) is 23.1 Å². The first-order valence-electron chi connectivity index (χ1n) is 8.74. The van der Waals surface area contributed by atoms with Crippen molar-refractivity contribution in [3.8, 4) is 0 Å². The first-order chi connectivity index (χ1) is 12.6. The van der Waals surface area contributed by atoms with Crippen LogP contribution in [0, 0.1) is 0 Å². The third kappa shape index (κ3) is 3.70. The molecule has 6 nitrogen and oxygen atoms in total. The van der Waals surface area contributed by atoms with Gasteiger partial charge in [0.15, 0.2) is 0 Å². The number of unbranched alkanes of at least 4 members (excludes halogenated alkanes) is 1. The Morgan fingerprint density at radius 1 is 1.12 bits per heavy atom. The highest BCUT2D eigenvalue weighted by molar-refractivity contribution is 5.94. The second kappa shape index (κ2) is 8.01. The van der Waals surface area contributed by atoms with Gasteiger partial charge in [0.2, 0.25) is 0 Å². The van der Waals surface area contributed by atoms with Crippen molar-refractivity contribution in [3.63, 3.8) is 0 Å². The number of rotatable bonds is 6. The molecule has 1 unspecified atom stereocenters. The fourth-order valence-electron chi connectivity index (χ4n) is 3.31. The molecule has 0 spiro atoms. The third-order valence-corrected chi connectivity index (χ3v) is 4.64. The lowest BCUT2D eigenvalue weighted by molar-refractivity contribution is 0.0952. The summed E-state index contributed by atoms with van der Waals surface area (Å²) in [6.07, 6.45) is 1.41. The molecule has 26 heavy (non-hydrogen) atoms. The van der Waals surface area contributed by atoms with Gasteiger partial charge >= 0.3 is 6.03 Å². The second-order valence-electron chi connectivity index (χ2n) is 6.38. The molecule has 0 bridgehead atoms. The molecular weight excluding hydrogens is 330 g/mol. The molecular formula is C20H23N3O3. The number of nitrogens with two attached hydrogens (primary N) is 1. The Morgan fingerprint density at radius 2 is 1.85 bits per heavy atom. The number of nitrogens with zero attached hydrogens (tertiary/aromatic N) is 1. The molecule has 0 radical (unpaired) electrons. The van der Waals surface area contributed by atoms with Gasteiger partial charge in [-0.1, -0.05) is 36.4 Å². The molecule has 2 aromatic carbocycles. The normalized spacial score (nSPS) is 15.6. The predicted molar refractivity (Wildman–Crippen MR) is 98.5 cm³/mol. The van der Waals surface area contributed by atoms with Gasteiger partial charge in [0.25, 0.3) is 5.91 Å². The minimum absolute atomic E-state index is 0.129. The van der Waals surface area contributed by atoms with Gasteiger partial charge in [0, 0.05) is 25.3 Å². The van der Waals surface area contributed by atoms with E-state index in [-0.39, 0.29) is 18.6 Å². The number of nitrogens with one attached hydrogen (secondary N) is 1. The van der Waals surface area contributed by atoms with Crippen LogP contribution in [-0.2, 0) is 6.54 Å². The van der Waals surface area contributed by atoms with Gasteiger partial charge in [-0.05, 0) is 41.7 Å². The zero-order valence-electron chi connectivity index (χ0n) is 14.5. The number of benzene rings is 2. The number of primary amides is 1. The Hall–Kier alpha value is -2.86. The quantitative estimate of drug-likeness (QED) is 0.695. The number of aliphatic hydroxyl groups is 1. The summed E-state index contributed by atoms with van der Waals surface area (Å²) in [7, 11) is 0. The van der Waals surface area contributed by atoms with Crippen LogP contribution in [0.3, 0.4) is 0 Å². The molecule has 6 heteroatoms. The number of hydrogen-bond acceptors (Lipinski definition) is 3.